The van der Waals surface area contributed by atoms with Crippen LogP contribution in [0.25, 0.3) is 0 Å². The second-order valence-corrected chi connectivity index (χ2v) is 3.91. The van der Waals surface area contributed by atoms with Gasteiger partial charge in [-0.2, -0.15) is 0 Å². The molecule has 0 amide bonds. The van der Waals surface area contributed by atoms with Crippen molar-refractivity contribution in [3.8, 4) is 0 Å². The second kappa shape index (κ2) is 5.14. The van der Waals surface area contributed by atoms with Gasteiger partial charge in [0.25, 0.3) is 0 Å². The van der Waals surface area contributed by atoms with E-state index in [2.05, 4.69) is 4.99 Å². The number of aliphatic imine (C=N–C) groups is 1. The minimum Gasteiger partial charge on any atom is -0.379 e. The standard InChI is InChI=1S/C9H11ClN2S/c1-12-9(11)13-6-7-2-4-8(10)5-3-7/h2-5H,6H2,1H3,(H2,11,12). The van der Waals surface area contributed by atoms with E-state index in [0.29, 0.717) is 5.17 Å². The summed E-state index contributed by atoms with van der Waals surface area (Å²) in [5.74, 6) is 0.834. The number of halogens is 1. The summed E-state index contributed by atoms with van der Waals surface area (Å²) in [4.78, 5) is 3.85. The van der Waals surface area contributed by atoms with Crippen LogP contribution < -0.4 is 5.73 Å². The van der Waals surface area contributed by atoms with E-state index in [1.54, 1.807) is 7.05 Å². The highest BCUT2D eigenvalue weighted by atomic mass is 35.5. The molecule has 0 unspecified atom stereocenters. The first-order valence-electron chi connectivity index (χ1n) is 3.82. The number of thioether (sulfide) groups is 1. The van der Waals surface area contributed by atoms with Crippen molar-refractivity contribution < 1.29 is 0 Å². The molecule has 1 rings (SSSR count). The Morgan fingerprint density at radius 1 is 1.46 bits per heavy atom. The van der Waals surface area contributed by atoms with Crippen molar-refractivity contribution in [2.75, 3.05) is 7.05 Å². The van der Waals surface area contributed by atoms with Crippen LogP contribution in [-0.4, -0.2) is 12.2 Å². The monoisotopic (exact) mass is 214 g/mol. The maximum atomic E-state index is 5.75. The SMILES string of the molecule is CN=C(N)SCc1ccc(Cl)cc1. The molecule has 0 bridgehead atoms. The van der Waals surface area contributed by atoms with Crippen LogP contribution in [0.4, 0.5) is 0 Å². The summed E-state index contributed by atoms with van der Waals surface area (Å²) in [7, 11) is 1.68. The van der Waals surface area contributed by atoms with Crippen LogP contribution in [-0.2, 0) is 5.75 Å². The number of hydrogen-bond acceptors (Lipinski definition) is 2. The van der Waals surface area contributed by atoms with Gasteiger partial charge in [0.05, 0.1) is 0 Å². The lowest BCUT2D eigenvalue weighted by Crippen LogP contribution is -2.05. The van der Waals surface area contributed by atoms with Crippen LogP contribution in [0, 0.1) is 0 Å². The van der Waals surface area contributed by atoms with Crippen molar-refractivity contribution >= 4 is 28.5 Å². The smallest absolute Gasteiger partial charge is 0.153 e. The molecule has 2 N–H and O–H groups in total. The zero-order valence-electron chi connectivity index (χ0n) is 7.33. The molecule has 70 valence electrons. The predicted molar refractivity (Wildman–Crippen MR) is 60.3 cm³/mol. The lowest BCUT2D eigenvalue weighted by molar-refractivity contribution is 1.41. The van der Waals surface area contributed by atoms with E-state index in [9.17, 15) is 0 Å². The normalized spacial score (nSPS) is 11.7. The summed E-state index contributed by atoms with van der Waals surface area (Å²) < 4.78 is 0. The van der Waals surface area contributed by atoms with E-state index in [1.165, 1.54) is 17.3 Å². The molecular weight excluding hydrogens is 204 g/mol. The highest BCUT2D eigenvalue weighted by Gasteiger charge is 1.95. The van der Waals surface area contributed by atoms with Crippen LogP contribution >= 0.6 is 23.4 Å². The van der Waals surface area contributed by atoms with Gasteiger partial charge >= 0.3 is 0 Å². The third kappa shape index (κ3) is 3.70. The quantitative estimate of drug-likeness (QED) is 0.607. The minimum absolute atomic E-state index is 0.606. The van der Waals surface area contributed by atoms with Crippen molar-refractivity contribution in [3.05, 3.63) is 34.9 Å². The summed E-state index contributed by atoms with van der Waals surface area (Å²) in [6.45, 7) is 0. The molecule has 0 aliphatic rings. The van der Waals surface area contributed by atoms with Gasteiger partial charge in [-0.25, -0.2) is 0 Å². The Kier molecular flexibility index (Phi) is 4.12. The van der Waals surface area contributed by atoms with Crippen molar-refractivity contribution in [2.45, 2.75) is 5.75 Å². The van der Waals surface area contributed by atoms with E-state index in [4.69, 9.17) is 17.3 Å². The molecule has 0 spiro atoms. The molecule has 0 radical (unpaired) electrons. The molecule has 4 heteroatoms. The molecule has 0 fully saturated rings. The van der Waals surface area contributed by atoms with Gasteiger partial charge in [0.2, 0.25) is 0 Å². The van der Waals surface area contributed by atoms with E-state index < -0.39 is 0 Å². The van der Waals surface area contributed by atoms with Crippen molar-refractivity contribution in [1.82, 2.24) is 0 Å². The molecule has 0 atom stereocenters. The van der Waals surface area contributed by atoms with E-state index >= 15 is 0 Å². The Balaban J connectivity index is 2.51. The topological polar surface area (TPSA) is 38.4 Å². The first-order chi connectivity index (χ1) is 6.22. The van der Waals surface area contributed by atoms with Gasteiger partial charge in [-0.3, -0.25) is 4.99 Å². The molecule has 0 aliphatic carbocycles. The molecule has 0 saturated carbocycles. The number of amidine groups is 1. The number of rotatable bonds is 2. The predicted octanol–water partition coefficient (Wildman–Crippen LogP) is 2.52. The Morgan fingerprint density at radius 3 is 2.62 bits per heavy atom. The Labute approximate surface area is 87.2 Å². The lowest BCUT2D eigenvalue weighted by Gasteiger charge is -2.00. The maximum absolute atomic E-state index is 5.75. The Morgan fingerprint density at radius 2 is 2.08 bits per heavy atom. The first-order valence-corrected chi connectivity index (χ1v) is 5.18. The van der Waals surface area contributed by atoms with Gasteiger partial charge < -0.3 is 5.73 Å². The summed E-state index contributed by atoms with van der Waals surface area (Å²) in [6, 6.07) is 7.71. The third-order valence-corrected chi connectivity index (χ3v) is 2.73. The van der Waals surface area contributed by atoms with Gasteiger partial charge in [-0.1, -0.05) is 35.5 Å². The zero-order chi connectivity index (χ0) is 9.68. The molecule has 0 aromatic heterocycles. The molecule has 0 saturated heterocycles. The summed E-state index contributed by atoms with van der Waals surface area (Å²) in [5.41, 5.74) is 6.73. The largest absolute Gasteiger partial charge is 0.379 e. The van der Waals surface area contributed by atoms with Crippen LogP contribution in [0.2, 0.25) is 5.02 Å². The maximum Gasteiger partial charge on any atom is 0.153 e. The molecule has 1 aromatic carbocycles. The fourth-order valence-electron chi connectivity index (χ4n) is 0.802. The Hall–Kier alpha value is -0.670. The van der Waals surface area contributed by atoms with Crippen molar-refractivity contribution in [3.63, 3.8) is 0 Å². The second-order valence-electron chi connectivity index (χ2n) is 2.48. The number of benzene rings is 1. The lowest BCUT2D eigenvalue weighted by atomic mass is 10.2. The molecular formula is C9H11ClN2S. The average Bonchev–Trinajstić information content (AvgIpc) is 2.16. The molecule has 0 heterocycles. The van der Waals surface area contributed by atoms with Gasteiger partial charge in [0, 0.05) is 17.8 Å². The van der Waals surface area contributed by atoms with Gasteiger partial charge in [-0.05, 0) is 17.7 Å². The van der Waals surface area contributed by atoms with Crippen molar-refractivity contribution in [1.29, 1.82) is 0 Å². The fraction of sp³-hybridized carbons (Fsp3) is 0.222. The first kappa shape index (κ1) is 10.4. The minimum atomic E-state index is 0.606. The van der Waals surface area contributed by atoms with Crippen LogP contribution in [0.5, 0.6) is 0 Å². The highest BCUT2D eigenvalue weighted by molar-refractivity contribution is 8.13. The molecule has 1 aromatic rings. The summed E-state index contributed by atoms with van der Waals surface area (Å²) in [6.07, 6.45) is 0. The number of hydrogen-bond donors (Lipinski definition) is 1. The Bertz CT molecular complexity index is 295. The average molecular weight is 215 g/mol. The third-order valence-electron chi connectivity index (χ3n) is 1.52. The highest BCUT2D eigenvalue weighted by Crippen LogP contribution is 2.15. The van der Waals surface area contributed by atoms with Crippen LogP contribution in [0.1, 0.15) is 5.56 Å². The van der Waals surface area contributed by atoms with Gasteiger partial charge in [0.1, 0.15) is 0 Å². The fourth-order valence-corrected chi connectivity index (χ4v) is 1.56. The number of nitrogens with two attached hydrogens (primary N) is 1. The molecule has 13 heavy (non-hydrogen) atoms. The summed E-state index contributed by atoms with van der Waals surface area (Å²) >= 11 is 7.27. The molecule has 2 nitrogen and oxygen atoms in total. The van der Waals surface area contributed by atoms with E-state index in [0.717, 1.165) is 10.8 Å². The van der Waals surface area contributed by atoms with Crippen LogP contribution in [0.15, 0.2) is 29.3 Å². The summed E-state index contributed by atoms with van der Waals surface area (Å²) in [5, 5.41) is 1.36. The number of nitrogens with zero attached hydrogens (tertiary/aromatic N) is 1. The van der Waals surface area contributed by atoms with Gasteiger partial charge in [-0.15, -0.1) is 0 Å². The van der Waals surface area contributed by atoms with Gasteiger partial charge in [0.15, 0.2) is 5.17 Å². The van der Waals surface area contributed by atoms with E-state index in [1.807, 2.05) is 24.3 Å². The molecule has 0 aliphatic heterocycles. The van der Waals surface area contributed by atoms with Crippen molar-refractivity contribution in [2.24, 2.45) is 10.7 Å². The van der Waals surface area contributed by atoms with Crippen LogP contribution in [0.3, 0.4) is 0 Å². The zero-order valence-corrected chi connectivity index (χ0v) is 8.90. The van der Waals surface area contributed by atoms with E-state index in [-0.39, 0.29) is 0 Å².